The van der Waals surface area contributed by atoms with Gasteiger partial charge in [0.05, 0.1) is 40.0 Å². The average molecular weight is 502 g/mol. The van der Waals surface area contributed by atoms with Gasteiger partial charge in [-0.05, 0) is 42.7 Å². The minimum atomic E-state index is -0.684. The lowest BCUT2D eigenvalue weighted by Gasteiger charge is -2.24. The van der Waals surface area contributed by atoms with Gasteiger partial charge in [-0.2, -0.15) is 15.5 Å². The third-order valence-electron chi connectivity index (χ3n) is 7.44. The van der Waals surface area contributed by atoms with E-state index in [4.69, 9.17) is 5.73 Å². The van der Waals surface area contributed by atoms with Crippen LogP contribution in [0.1, 0.15) is 42.5 Å². The molecule has 3 N–H and O–H groups in total. The van der Waals surface area contributed by atoms with Gasteiger partial charge in [0.1, 0.15) is 5.82 Å². The van der Waals surface area contributed by atoms with Crippen LogP contribution < -0.4 is 16.2 Å². The Labute approximate surface area is 212 Å². The largest absolute Gasteiger partial charge is 0.325 e. The van der Waals surface area contributed by atoms with Gasteiger partial charge in [0.15, 0.2) is 0 Å². The fourth-order valence-corrected chi connectivity index (χ4v) is 5.85. The fraction of sp³-hybridized carbons (Fsp3) is 0.269. The molecule has 1 spiro atoms. The first-order valence-electron chi connectivity index (χ1n) is 11.6. The molecule has 1 aliphatic heterocycles. The number of nitriles is 1. The number of aromatic nitrogens is 4. The quantitative estimate of drug-likeness (QED) is 0.440. The van der Waals surface area contributed by atoms with Crippen LogP contribution >= 0.6 is 12.4 Å². The van der Waals surface area contributed by atoms with E-state index in [-0.39, 0.29) is 30.4 Å². The van der Waals surface area contributed by atoms with E-state index in [0.29, 0.717) is 27.8 Å². The summed E-state index contributed by atoms with van der Waals surface area (Å²) in [5.41, 5.74) is 9.14. The number of fused-ring (bicyclic) bond motifs is 3. The molecule has 0 atom stereocenters. The van der Waals surface area contributed by atoms with E-state index < -0.39 is 5.41 Å². The number of nitrogens with two attached hydrogens (primary N) is 1. The zero-order chi connectivity index (χ0) is 24.3. The smallest absolute Gasteiger partial charge is 0.272 e. The minimum Gasteiger partial charge on any atom is -0.325 e. The molecule has 6 rings (SSSR count). The number of amides is 1. The van der Waals surface area contributed by atoms with E-state index in [1.54, 1.807) is 35.0 Å². The predicted molar refractivity (Wildman–Crippen MR) is 138 cm³/mol. The molecule has 0 radical (unpaired) electrons. The number of aryl methyl sites for hydroxylation is 1. The van der Waals surface area contributed by atoms with Gasteiger partial charge in [-0.25, -0.2) is 5.10 Å². The van der Waals surface area contributed by atoms with Crippen LogP contribution in [0, 0.1) is 11.3 Å². The SMILES string of the molecule is Cl.Cn1ncc(-c2ccc3c(=O)[nH]nc(CN)c3c2)c1N1C(=O)C2(CCCC2)c2c(C#N)cccc21. The zero-order valence-corrected chi connectivity index (χ0v) is 20.4. The van der Waals surface area contributed by atoms with Crippen LogP contribution in [0.2, 0.25) is 0 Å². The van der Waals surface area contributed by atoms with Crippen LogP contribution in [0.3, 0.4) is 0 Å². The highest BCUT2D eigenvalue weighted by Crippen LogP contribution is 2.55. The average Bonchev–Trinajstić information content (AvgIpc) is 3.57. The van der Waals surface area contributed by atoms with Crippen molar-refractivity contribution in [3.8, 4) is 17.2 Å². The predicted octanol–water partition coefficient (Wildman–Crippen LogP) is 3.57. The van der Waals surface area contributed by atoms with E-state index in [1.807, 2.05) is 24.3 Å². The number of hydrogen-bond donors (Lipinski definition) is 2. The van der Waals surface area contributed by atoms with Gasteiger partial charge in [0.25, 0.3) is 5.56 Å². The van der Waals surface area contributed by atoms with E-state index >= 15 is 0 Å². The first-order chi connectivity index (χ1) is 17.0. The van der Waals surface area contributed by atoms with Crippen molar-refractivity contribution < 1.29 is 4.79 Å². The van der Waals surface area contributed by atoms with Crippen molar-refractivity contribution in [2.24, 2.45) is 12.8 Å². The number of nitrogens with zero attached hydrogens (tertiary/aromatic N) is 5. The molecule has 1 aliphatic carbocycles. The van der Waals surface area contributed by atoms with Crippen molar-refractivity contribution in [1.82, 2.24) is 20.0 Å². The summed E-state index contributed by atoms with van der Waals surface area (Å²) in [7, 11) is 1.80. The molecule has 0 unspecified atom stereocenters. The Morgan fingerprint density at radius 2 is 1.94 bits per heavy atom. The van der Waals surface area contributed by atoms with Crippen LogP contribution in [-0.2, 0) is 23.8 Å². The van der Waals surface area contributed by atoms with Crippen molar-refractivity contribution in [3.63, 3.8) is 0 Å². The normalized spacial score (nSPS) is 15.8. The Kier molecular flexibility index (Phi) is 5.66. The van der Waals surface area contributed by atoms with Crippen LogP contribution in [-0.4, -0.2) is 25.9 Å². The molecular weight excluding hydrogens is 478 g/mol. The highest BCUT2D eigenvalue weighted by molar-refractivity contribution is 6.15. The van der Waals surface area contributed by atoms with Gasteiger partial charge in [-0.15, -0.1) is 12.4 Å². The maximum absolute atomic E-state index is 14.1. The van der Waals surface area contributed by atoms with Crippen LogP contribution in [0.15, 0.2) is 47.4 Å². The molecule has 2 aromatic heterocycles. The van der Waals surface area contributed by atoms with Crippen LogP contribution in [0.25, 0.3) is 21.9 Å². The first kappa shape index (κ1) is 23.7. The lowest BCUT2D eigenvalue weighted by atomic mass is 9.78. The molecule has 2 aliphatic rings. The number of nitrogens with one attached hydrogen (secondary N) is 1. The van der Waals surface area contributed by atoms with E-state index in [9.17, 15) is 14.9 Å². The summed E-state index contributed by atoms with van der Waals surface area (Å²) in [5, 5.41) is 22.1. The third-order valence-corrected chi connectivity index (χ3v) is 7.44. The molecule has 9 nitrogen and oxygen atoms in total. The molecule has 0 saturated heterocycles. The summed E-state index contributed by atoms with van der Waals surface area (Å²) >= 11 is 0. The summed E-state index contributed by atoms with van der Waals surface area (Å²) in [6, 6.07) is 13.3. The van der Waals surface area contributed by atoms with Gasteiger partial charge >= 0.3 is 0 Å². The molecule has 1 saturated carbocycles. The molecule has 1 fully saturated rings. The van der Waals surface area contributed by atoms with Crippen LogP contribution in [0.4, 0.5) is 11.5 Å². The van der Waals surface area contributed by atoms with Gasteiger partial charge in [0, 0.05) is 30.1 Å². The minimum absolute atomic E-state index is 0. The number of anilines is 2. The second kappa shape index (κ2) is 8.59. The Hall–Kier alpha value is -4.00. The fourth-order valence-electron chi connectivity index (χ4n) is 5.85. The van der Waals surface area contributed by atoms with Crippen molar-refractivity contribution in [3.05, 3.63) is 69.8 Å². The number of H-pyrrole nitrogens is 1. The van der Waals surface area contributed by atoms with Crippen molar-refractivity contribution in [1.29, 1.82) is 5.26 Å². The summed E-state index contributed by atoms with van der Waals surface area (Å²) in [4.78, 5) is 28.2. The summed E-state index contributed by atoms with van der Waals surface area (Å²) in [6.07, 6.45) is 5.08. The zero-order valence-electron chi connectivity index (χ0n) is 19.6. The van der Waals surface area contributed by atoms with E-state index in [2.05, 4.69) is 21.4 Å². The van der Waals surface area contributed by atoms with Gasteiger partial charge in [0.2, 0.25) is 5.91 Å². The van der Waals surface area contributed by atoms with Crippen LogP contribution in [0.5, 0.6) is 0 Å². The lowest BCUT2D eigenvalue weighted by Crippen LogP contribution is -2.37. The van der Waals surface area contributed by atoms with Crippen molar-refractivity contribution in [2.75, 3.05) is 4.90 Å². The molecular formula is C26H24ClN7O2. The van der Waals surface area contributed by atoms with E-state index in [0.717, 1.165) is 48.1 Å². The second-order valence-electron chi connectivity index (χ2n) is 9.21. The third kappa shape index (κ3) is 3.11. The number of carbonyl (C=O) groups is 1. The van der Waals surface area contributed by atoms with Gasteiger partial charge < -0.3 is 5.73 Å². The first-order valence-corrected chi connectivity index (χ1v) is 11.6. The van der Waals surface area contributed by atoms with E-state index in [1.165, 1.54) is 0 Å². The molecule has 10 heteroatoms. The molecule has 1 amide bonds. The number of rotatable bonds is 3. The number of hydrogen-bond acceptors (Lipinski definition) is 6. The molecule has 36 heavy (non-hydrogen) atoms. The summed E-state index contributed by atoms with van der Waals surface area (Å²) < 4.78 is 1.69. The Morgan fingerprint density at radius 1 is 1.17 bits per heavy atom. The Bertz CT molecular complexity index is 1630. The maximum Gasteiger partial charge on any atom is 0.272 e. The Balaban J connectivity index is 0.00000267. The second-order valence-corrected chi connectivity index (χ2v) is 9.21. The molecule has 4 aromatic rings. The number of halogens is 1. The summed E-state index contributed by atoms with van der Waals surface area (Å²) in [6.45, 7) is 0.175. The lowest BCUT2D eigenvalue weighted by molar-refractivity contribution is -0.122. The molecule has 2 aromatic carbocycles. The monoisotopic (exact) mass is 501 g/mol. The maximum atomic E-state index is 14.1. The van der Waals surface area contributed by atoms with Gasteiger partial charge in [-0.3, -0.25) is 19.2 Å². The standard InChI is InChI=1S/C26H23N7O2.ClH/c1-32-24(19(14-29-32)15-7-8-17-18(11-15)20(13-28)30-31-23(17)34)33-21-6-4-5-16(12-27)22(21)26(25(33)35)9-2-3-10-26;/h4-8,11,14H,2-3,9-10,13,28H2,1H3,(H,31,34);1H. The molecule has 3 heterocycles. The highest BCUT2D eigenvalue weighted by Gasteiger charge is 2.54. The van der Waals surface area contributed by atoms with Crippen molar-refractivity contribution in [2.45, 2.75) is 37.6 Å². The number of aromatic amines is 1. The molecule has 182 valence electrons. The van der Waals surface area contributed by atoms with Crippen molar-refractivity contribution >= 4 is 40.6 Å². The molecule has 0 bridgehead atoms. The Morgan fingerprint density at radius 3 is 2.67 bits per heavy atom. The topological polar surface area (TPSA) is 134 Å². The highest BCUT2D eigenvalue weighted by atomic mass is 35.5. The number of carbonyl (C=O) groups excluding carboxylic acids is 1. The number of benzene rings is 2. The van der Waals surface area contributed by atoms with Gasteiger partial charge in [-0.1, -0.05) is 25.0 Å². The summed E-state index contributed by atoms with van der Waals surface area (Å²) in [5.74, 6) is 0.612.